The third-order valence-corrected chi connectivity index (χ3v) is 6.50. The summed E-state index contributed by atoms with van der Waals surface area (Å²) >= 11 is 0. The third-order valence-electron chi connectivity index (χ3n) is 5.12. The first kappa shape index (κ1) is 23.7. The van der Waals surface area contributed by atoms with Gasteiger partial charge in [0.2, 0.25) is 0 Å². The number of rotatable bonds is 7. The Morgan fingerprint density at radius 2 is 1.66 bits per heavy atom. The van der Waals surface area contributed by atoms with Crippen molar-refractivity contribution in [2.45, 2.75) is 11.8 Å². The van der Waals surface area contributed by atoms with E-state index >= 15 is 0 Å². The Hall–Kier alpha value is -4.44. The average molecular weight is 491 g/mol. The smallest absolute Gasteiger partial charge is 0.261 e. The van der Waals surface area contributed by atoms with E-state index in [0.29, 0.717) is 34.1 Å². The van der Waals surface area contributed by atoms with Crippen molar-refractivity contribution in [2.75, 3.05) is 17.1 Å². The molecular formula is C25H22N4O5S. The molecule has 0 aliphatic rings. The van der Waals surface area contributed by atoms with Crippen LogP contribution in [0.1, 0.15) is 15.9 Å². The molecule has 0 radical (unpaired) electrons. The Morgan fingerprint density at radius 3 is 2.31 bits per heavy atom. The molecule has 0 spiro atoms. The van der Waals surface area contributed by atoms with Gasteiger partial charge < -0.3 is 15.2 Å². The number of hydrogen-bond donors (Lipinski definition) is 3. The lowest BCUT2D eigenvalue weighted by Gasteiger charge is -2.12. The number of aromatic hydroxyl groups is 1. The van der Waals surface area contributed by atoms with E-state index in [9.17, 15) is 18.3 Å². The highest BCUT2D eigenvalue weighted by atomic mass is 32.2. The van der Waals surface area contributed by atoms with Gasteiger partial charge in [0.05, 0.1) is 30.1 Å². The Kier molecular flexibility index (Phi) is 6.65. The van der Waals surface area contributed by atoms with E-state index in [4.69, 9.17) is 4.74 Å². The lowest BCUT2D eigenvalue weighted by Crippen LogP contribution is -2.17. The number of phenols is 1. The van der Waals surface area contributed by atoms with Crippen molar-refractivity contribution in [3.63, 3.8) is 0 Å². The van der Waals surface area contributed by atoms with Crippen LogP contribution < -0.4 is 14.8 Å². The fourth-order valence-electron chi connectivity index (χ4n) is 3.27. The van der Waals surface area contributed by atoms with E-state index < -0.39 is 15.9 Å². The highest BCUT2D eigenvalue weighted by Gasteiger charge is 2.19. The Balaban J connectivity index is 1.52. The molecule has 1 heterocycles. The van der Waals surface area contributed by atoms with E-state index in [1.807, 2.05) is 0 Å². The molecule has 3 aromatic carbocycles. The lowest BCUT2D eigenvalue weighted by molar-refractivity contribution is 0.102. The predicted octanol–water partition coefficient (Wildman–Crippen LogP) is 4.22. The van der Waals surface area contributed by atoms with Crippen LogP contribution in [0.4, 0.5) is 11.4 Å². The summed E-state index contributed by atoms with van der Waals surface area (Å²) in [6.45, 7) is 1.71. The van der Waals surface area contributed by atoms with Gasteiger partial charge in [-0.3, -0.25) is 9.52 Å². The third kappa shape index (κ3) is 5.56. The number of benzene rings is 3. The van der Waals surface area contributed by atoms with Crippen LogP contribution in [0.2, 0.25) is 0 Å². The van der Waals surface area contributed by atoms with Gasteiger partial charge in [-0.05, 0) is 61.0 Å². The summed E-state index contributed by atoms with van der Waals surface area (Å²) in [5.41, 5.74) is 2.12. The van der Waals surface area contributed by atoms with Crippen LogP contribution in [0.25, 0.3) is 11.4 Å². The van der Waals surface area contributed by atoms with Crippen molar-refractivity contribution in [2.24, 2.45) is 0 Å². The van der Waals surface area contributed by atoms with Crippen molar-refractivity contribution in [3.8, 4) is 22.9 Å². The van der Waals surface area contributed by atoms with Crippen LogP contribution in [0.15, 0.2) is 84.0 Å². The molecule has 1 aromatic heterocycles. The van der Waals surface area contributed by atoms with Crippen LogP contribution in [0, 0.1) is 6.92 Å². The van der Waals surface area contributed by atoms with Gasteiger partial charge >= 0.3 is 0 Å². The number of hydrogen-bond acceptors (Lipinski definition) is 7. The quantitative estimate of drug-likeness (QED) is 0.354. The number of nitrogens with zero attached hydrogens (tertiary/aromatic N) is 2. The standard InChI is InChI=1S/C25H22N4O5S/c1-16-6-11-22(35(32,33)29-18-7-9-21(34-2)10-8-18)13-23(16)25(31)28-19-14-26-24(27-15-19)17-4-3-5-20(30)12-17/h3-15,29-30H,1-2H3,(H,28,31). The number of sulfonamides is 1. The molecule has 3 N–H and O–H groups in total. The molecule has 4 rings (SSSR count). The molecule has 0 saturated carbocycles. The molecule has 35 heavy (non-hydrogen) atoms. The fraction of sp³-hybridized carbons (Fsp3) is 0.0800. The molecule has 10 heteroatoms. The van der Waals surface area contributed by atoms with Crippen molar-refractivity contribution in [1.29, 1.82) is 0 Å². The van der Waals surface area contributed by atoms with Crippen molar-refractivity contribution in [3.05, 3.63) is 90.3 Å². The second-order valence-electron chi connectivity index (χ2n) is 7.61. The number of nitrogens with one attached hydrogen (secondary N) is 2. The monoisotopic (exact) mass is 490 g/mol. The molecule has 0 aliphatic heterocycles. The summed E-state index contributed by atoms with van der Waals surface area (Å²) < 4.78 is 33.3. The Morgan fingerprint density at radius 1 is 0.943 bits per heavy atom. The normalized spacial score (nSPS) is 11.0. The Bertz CT molecular complexity index is 1470. The van der Waals surface area contributed by atoms with E-state index in [2.05, 4.69) is 20.0 Å². The van der Waals surface area contributed by atoms with E-state index in [1.165, 1.54) is 37.7 Å². The number of carbonyl (C=O) groups is 1. The van der Waals surface area contributed by atoms with Crippen LogP contribution >= 0.6 is 0 Å². The predicted molar refractivity (Wildman–Crippen MR) is 132 cm³/mol. The summed E-state index contributed by atoms with van der Waals surface area (Å²) in [6.07, 6.45) is 2.87. The zero-order chi connectivity index (χ0) is 25.0. The largest absolute Gasteiger partial charge is 0.508 e. The molecule has 0 fully saturated rings. The molecule has 0 bridgehead atoms. The molecule has 4 aromatic rings. The summed E-state index contributed by atoms with van der Waals surface area (Å²) in [7, 11) is -2.41. The van der Waals surface area contributed by atoms with Gasteiger partial charge in [-0.25, -0.2) is 18.4 Å². The Labute approximate surface area is 202 Å². The van der Waals surface area contributed by atoms with Gasteiger partial charge in [0, 0.05) is 16.8 Å². The minimum Gasteiger partial charge on any atom is -0.508 e. The first-order valence-electron chi connectivity index (χ1n) is 10.5. The summed E-state index contributed by atoms with van der Waals surface area (Å²) in [5, 5.41) is 12.3. The zero-order valence-electron chi connectivity index (χ0n) is 18.9. The minimum absolute atomic E-state index is 0.0560. The number of carbonyl (C=O) groups excluding carboxylic acids is 1. The molecule has 0 unspecified atom stereocenters. The molecule has 9 nitrogen and oxygen atoms in total. The number of amides is 1. The summed E-state index contributed by atoms with van der Waals surface area (Å²) in [4.78, 5) is 21.3. The zero-order valence-corrected chi connectivity index (χ0v) is 19.7. The number of phenolic OH excluding ortho intramolecular Hbond substituents is 1. The van der Waals surface area contributed by atoms with Crippen LogP contribution in [-0.4, -0.2) is 36.5 Å². The van der Waals surface area contributed by atoms with E-state index in [0.717, 1.165) is 0 Å². The minimum atomic E-state index is -3.93. The van der Waals surface area contributed by atoms with Gasteiger partial charge in [0.15, 0.2) is 5.82 Å². The van der Waals surface area contributed by atoms with E-state index in [-0.39, 0.29) is 16.2 Å². The summed E-state index contributed by atoms with van der Waals surface area (Å²) in [5.74, 6) is 0.571. The highest BCUT2D eigenvalue weighted by Crippen LogP contribution is 2.23. The highest BCUT2D eigenvalue weighted by molar-refractivity contribution is 7.92. The second kappa shape index (κ2) is 9.82. The van der Waals surface area contributed by atoms with Crippen LogP contribution in [0.3, 0.4) is 0 Å². The molecule has 0 saturated heterocycles. The van der Waals surface area contributed by atoms with Gasteiger partial charge in [-0.2, -0.15) is 0 Å². The maximum atomic E-state index is 12.9. The molecule has 1 amide bonds. The van der Waals surface area contributed by atoms with Gasteiger partial charge in [-0.15, -0.1) is 0 Å². The molecule has 0 aliphatic carbocycles. The maximum Gasteiger partial charge on any atom is 0.261 e. The van der Waals surface area contributed by atoms with Gasteiger partial charge in [0.1, 0.15) is 11.5 Å². The fourth-order valence-corrected chi connectivity index (χ4v) is 4.36. The van der Waals surface area contributed by atoms with Crippen LogP contribution in [0.5, 0.6) is 11.5 Å². The first-order valence-corrected chi connectivity index (χ1v) is 11.9. The van der Waals surface area contributed by atoms with Gasteiger partial charge in [-0.1, -0.05) is 18.2 Å². The van der Waals surface area contributed by atoms with Gasteiger partial charge in [0.25, 0.3) is 15.9 Å². The second-order valence-corrected chi connectivity index (χ2v) is 9.29. The topological polar surface area (TPSA) is 131 Å². The average Bonchev–Trinajstić information content (AvgIpc) is 2.85. The number of anilines is 2. The van der Waals surface area contributed by atoms with Crippen LogP contribution in [-0.2, 0) is 10.0 Å². The summed E-state index contributed by atoms with van der Waals surface area (Å²) in [6, 6.07) is 17.3. The van der Waals surface area contributed by atoms with Crippen molar-refractivity contribution >= 4 is 27.3 Å². The first-order chi connectivity index (χ1) is 16.7. The molecule has 0 atom stereocenters. The maximum absolute atomic E-state index is 12.9. The number of aryl methyl sites for hydroxylation is 1. The van der Waals surface area contributed by atoms with Crippen molar-refractivity contribution in [1.82, 2.24) is 9.97 Å². The SMILES string of the molecule is COc1ccc(NS(=O)(=O)c2ccc(C)c(C(=O)Nc3cnc(-c4cccc(O)c4)nc3)c2)cc1. The van der Waals surface area contributed by atoms with E-state index in [1.54, 1.807) is 55.5 Å². The number of aromatic nitrogens is 2. The molecule has 178 valence electrons. The molecular weight excluding hydrogens is 468 g/mol. The number of ether oxygens (including phenoxy) is 1. The lowest BCUT2D eigenvalue weighted by atomic mass is 10.1. The number of methoxy groups -OCH3 is 1. The van der Waals surface area contributed by atoms with Crippen molar-refractivity contribution < 1.29 is 23.1 Å².